The van der Waals surface area contributed by atoms with Crippen molar-refractivity contribution in [2.75, 3.05) is 0 Å². The number of nitrogens with zero attached hydrogens (tertiary/aromatic N) is 3. The third kappa shape index (κ3) is 3.15. The fraction of sp³-hybridized carbons (Fsp3) is 0.118. The van der Waals surface area contributed by atoms with E-state index in [2.05, 4.69) is 22.1 Å². The van der Waals surface area contributed by atoms with E-state index in [9.17, 15) is 0 Å². The van der Waals surface area contributed by atoms with Crippen LogP contribution in [0.15, 0.2) is 66.7 Å². The summed E-state index contributed by atoms with van der Waals surface area (Å²) in [4.78, 5) is 8.37. The molecule has 1 unspecified atom stereocenters. The smallest absolute Gasteiger partial charge is 0.145 e. The quantitative estimate of drug-likeness (QED) is 0.861. The summed E-state index contributed by atoms with van der Waals surface area (Å²) >= 11 is 0. The van der Waals surface area contributed by atoms with E-state index < -0.39 is 0 Å². The summed E-state index contributed by atoms with van der Waals surface area (Å²) in [6.07, 6.45) is 10.3. The molecule has 2 aromatic rings. The summed E-state index contributed by atoms with van der Waals surface area (Å²) in [5.74, 6) is 1.60. The summed E-state index contributed by atoms with van der Waals surface area (Å²) in [7, 11) is 0. The van der Waals surface area contributed by atoms with E-state index in [0.29, 0.717) is 11.4 Å². The first-order valence-corrected chi connectivity index (χ1v) is 6.68. The fourth-order valence-electron chi connectivity index (χ4n) is 2.17. The molecule has 1 aliphatic carbocycles. The first kappa shape index (κ1) is 13.1. The predicted octanol–water partition coefficient (Wildman–Crippen LogP) is 3.35. The first-order chi connectivity index (χ1) is 10.3. The van der Waals surface area contributed by atoms with Crippen LogP contribution in [0.25, 0.3) is 0 Å². The van der Waals surface area contributed by atoms with Crippen molar-refractivity contribution in [1.82, 2.24) is 9.97 Å². The molecule has 0 aromatic carbocycles. The fourth-order valence-corrected chi connectivity index (χ4v) is 2.17. The second-order valence-electron chi connectivity index (χ2n) is 4.66. The maximum absolute atomic E-state index is 8.73. The Morgan fingerprint density at radius 1 is 1.19 bits per heavy atom. The normalized spacial score (nSPS) is 16.9. The van der Waals surface area contributed by atoms with Crippen LogP contribution < -0.4 is 4.74 Å². The number of aromatic nitrogens is 2. The van der Waals surface area contributed by atoms with Crippen LogP contribution in [-0.4, -0.2) is 9.97 Å². The molecule has 0 spiro atoms. The van der Waals surface area contributed by atoms with E-state index in [-0.39, 0.29) is 5.92 Å². The minimum absolute atomic E-state index is 0.220. The molecule has 0 aliphatic heterocycles. The maximum atomic E-state index is 8.73. The Morgan fingerprint density at radius 3 is 2.86 bits per heavy atom. The molecule has 0 bridgehead atoms. The molecular weight excluding hydrogens is 262 g/mol. The van der Waals surface area contributed by atoms with Gasteiger partial charge in [-0.2, -0.15) is 5.26 Å². The van der Waals surface area contributed by atoms with Crippen LogP contribution in [0, 0.1) is 11.3 Å². The Morgan fingerprint density at radius 2 is 2.14 bits per heavy atom. The van der Waals surface area contributed by atoms with Gasteiger partial charge in [0, 0.05) is 17.8 Å². The Labute approximate surface area is 123 Å². The Hall–Kier alpha value is -2.93. The number of rotatable bonds is 3. The maximum Gasteiger partial charge on any atom is 0.145 e. The largest absolute Gasteiger partial charge is 0.456 e. The van der Waals surface area contributed by atoms with E-state index in [1.165, 1.54) is 0 Å². The lowest BCUT2D eigenvalue weighted by atomic mass is 9.96. The zero-order valence-corrected chi connectivity index (χ0v) is 11.3. The molecule has 2 heterocycles. The Kier molecular flexibility index (Phi) is 3.74. The zero-order valence-electron chi connectivity index (χ0n) is 11.3. The lowest BCUT2D eigenvalue weighted by Gasteiger charge is -2.16. The topological polar surface area (TPSA) is 58.8 Å². The van der Waals surface area contributed by atoms with Gasteiger partial charge in [0.15, 0.2) is 0 Å². The standard InChI is InChI=1S/C17H13N3O/c18-11-14-7-8-16(12-20-14)21-15-5-3-4-13(10-15)17-6-1-2-9-19-17/h1-3,5-10,12-13H,4H2. The van der Waals surface area contributed by atoms with Gasteiger partial charge in [0.2, 0.25) is 0 Å². The van der Waals surface area contributed by atoms with Gasteiger partial charge in [-0.15, -0.1) is 0 Å². The summed E-state index contributed by atoms with van der Waals surface area (Å²) < 4.78 is 5.78. The third-order valence-electron chi connectivity index (χ3n) is 3.19. The minimum Gasteiger partial charge on any atom is -0.456 e. The molecular formula is C17H13N3O. The van der Waals surface area contributed by atoms with Gasteiger partial charge in [-0.05, 0) is 42.8 Å². The van der Waals surface area contributed by atoms with Gasteiger partial charge in [-0.3, -0.25) is 4.98 Å². The highest BCUT2D eigenvalue weighted by atomic mass is 16.5. The second-order valence-corrected chi connectivity index (χ2v) is 4.66. The van der Waals surface area contributed by atoms with Crippen molar-refractivity contribution in [3.05, 3.63) is 78.1 Å². The molecule has 0 saturated heterocycles. The molecule has 3 rings (SSSR count). The van der Waals surface area contributed by atoms with Gasteiger partial charge >= 0.3 is 0 Å². The van der Waals surface area contributed by atoms with Crippen LogP contribution in [-0.2, 0) is 0 Å². The molecule has 1 aliphatic rings. The van der Waals surface area contributed by atoms with Crippen molar-refractivity contribution >= 4 is 0 Å². The average Bonchev–Trinajstić information content (AvgIpc) is 2.57. The molecule has 0 N–H and O–H groups in total. The highest BCUT2D eigenvalue weighted by Crippen LogP contribution is 2.27. The van der Waals surface area contributed by atoms with Crippen LogP contribution in [0.4, 0.5) is 0 Å². The molecule has 0 radical (unpaired) electrons. The lowest BCUT2D eigenvalue weighted by molar-refractivity contribution is 0.434. The molecule has 0 saturated carbocycles. The third-order valence-corrected chi connectivity index (χ3v) is 3.19. The van der Waals surface area contributed by atoms with E-state index >= 15 is 0 Å². The van der Waals surface area contributed by atoms with Crippen molar-refractivity contribution in [2.45, 2.75) is 12.3 Å². The first-order valence-electron chi connectivity index (χ1n) is 6.68. The van der Waals surface area contributed by atoms with Crippen molar-refractivity contribution in [2.24, 2.45) is 0 Å². The number of hydrogen-bond donors (Lipinski definition) is 0. The van der Waals surface area contributed by atoms with Crippen molar-refractivity contribution < 1.29 is 4.74 Å². The van der Waals surface area contributed by atoms with E-state index in [1.54, 1.807) is 24.5 Å². The van der Waals surface area contributed by atoms with Crippen LogP contribution in [0.2, 0.25) is 0 Å². The molecule has 4 heteroatoms. The highest BCUT2D eigenvalue weighted by molar-refractivity contribution is 5.32. The van der Waals surface area contributed by atoms with Crippen molar-refractivity contribution in [1.29, 1.82) is 5.26 Å². The molecule has 102 valence electrons. The van der Waals surface area contributed by atoms with Crippen LogP contribution in [0.1, 0.15) is 23.7 Å². The number of hydrogen-bond acceptors (Lipinski definition) is 4. The average molecular weight is 275 g/mol. The summed E-state index contributed by atoms with van der Waals surface area (Å²) in [6.45, 7) is 0. The van der Waals surface area contributed by atoms with Crippen LogP contribution in [0.3, 0.4) is 0 Å². The van der Waals surface area contributed by atoms with Crippen molar-refractivity contribution in [3.63, 3.8) is 0 Å². The molecule has 0 fully saturated rings. The summed E-state index contributed by atoms with van der Waals surface area (Å²) in [6, 6.07) is 11.3. The predicted molar refractivity (Wildman–Crippen MR) is 78.4 cm³/mol. The van der Waals surface area contributed by atoms with Crippen LogP contribution in [0.5, 0.6) is 5.75 Å². The van der Waals surface area contributed by atoms with Crippen LogP contribution >= 0.6 is 0 Å². The number of nitriles is 1. The molecule has 21 heavy (non-hydrogen) atoms. The minimum atomic E-state index is 0.220. The zero-order chi connectivity index (χ0) is 14.5. The van der Waals surface area contributed by atoms with Crippen molar-refractivity contribution in [3.8, 4) is 11.8 Å². The van der Waals surface area contributed by atoms with Gasteiger partial charge < -0.3 is 4.74 Å². The van der Waals surface area contributed by atoms with E-state index in [4.69, 9.17) is 10.00 Å². The Bertz CT molecular complexity index is 712. The summed E-state index contributed by atoms with van der Waals surface area (Å²) in [5, 5.41) is 8.73. The monoisotopic (exact) mass is 275 g/mol. The van der Waals surface area contributed by atoms with Gasteiger partial charge in [0.05, 0.1) is 6.20 Å². The summed E-state index contributed by atoms with van der Waals surface area (Å²) in [5.41, 5.74) is 1.41. The highest BCUT2D eigenvalue weighted by Gasteiger charge is 2.14. The van der Waals surface area contributed by atoms with E-state index in [1.807, 2.05) is 30.3 Å². The molecule has 2 aromatic heterocycles. The number of ether oxygens (including phenoxy) is 1. The van der Waals surface area contributed by atoms with Gasteiger partial charge in [-0.25, -0.2) is 4.98 Å². The van der Waals surface area contributed by atoms with Gasteiger partial charge in [0.1, 0.15) is 23.3 Å². The number of pyridine rings is 2. The Balaban J connectivity index is 1.77. The SMILES string of the molecule is N#Cc1ccc(OC2=CC(c3ccccn3)CC=C2)cn1. The molecule has 4 nitrogen and oxygen atoms in total. The lowest BCUT2D eigenvalue weighted by Crippen LogP contribution is -2.04. The van der Waals surface area contributed by atoms with Gasteiger partial charge in [0.25, 0.3) is 0 Å². The number of allylic oxidation sites excluding steroid dienone is 3. The van der Waals surface area contributed by atoms with Gasteiger partial charge in [-0.1, -0.05) is 12.1 Å². The second kappa shape index (κ2) is 6.02. The van der Waals surface area contributed by atoms with E-state index in [0.717, 1.165) is 17.9 Å². The molecule has 1 atom stereocenters. The molecule has 0 amide bonds.